The number of hydrogen-bond donors (Lipinski definition) is 1. The van der Waals surface area contributed by atoms with Gasteiger partial charge in [-0.1, -0.05) is 36.9 Å². The molecule has 13 heavy (non-hydrogen) atoms. The molecule has 0 saturated heterocycles. The Balaban J connectivity index is 2.55. The van der Waals surface area contributed by atoms with Crippen molar-refractivity contribution in [2.24, 2.45) is 0 Å². The van der Waals surface area contributed by atoms with Gasteiger partial charge in [-0.25, -0.2) is 0 Å². The molecule has 1 aromatic carbocycles. The SMILES string of the molecule is C=C/C=C\C(=C)[NH2+]c1ccccc1. The molecule has 1 rings (SSSR count). The first-order valence-corrected chi connectivity index (χ1v) is 4.21. The fourth-order valence-electron chi connectivity index (χ4n) is 1.00. The summed E-state index contributed by atoms with van der Waals surface area (Å²) in [4.78, 5) is 0. The molecule has 0 aliphatic carbocycles. The second kappa shape index (κ2) is 5.12. The zero-order chi connectivity index (χ0) is 9.52. The first kappa shape index (κ1) is 9.49. The number of rotatable bonds is 4. The summed E-state index contributed by atoms with van der Waals surface area (Å²) in [5, 5.41) is 2.03. The zero-order valence-corrected chi connectivity index (χ0v) is 7.61. The largest absolute Gasteiger partial charge is 0.282 e. The normalized spacial score (nSPS) is 10.2. The van der Waals surface area contributed by atoms with E-state index in [-0.39, 0.29) is 0 Å². The quantitative estimate of drug-likeness (QED) is 0.529. The molecule has 0 bridgehead atoms. The molecular weight excluding hydrogens is 158 g/mol. The van der Waals surface area contributed by atoms with Crippen LogP contribution < -0.4 is 5.32 Å². The van der Waals surface area contributed by atoms with Gasteiger partial charge in [0.15, 0.2) is 0 Å². The summed E-state index contributed by atoms with van der Waals surface area (Å²) in [5.74, 6) is 0. The topological polar surface area (TPSA) is 16.6 Å². The average molecular weight is 172 g/mol. The van der Waals surface area contributed by atoms with E-state index in [1.807, 2.05) is 47.8 Å². The van der Waals surface area contributed by atoms with Gasteiger partial charge >= 0.3 is 0 Å². The molecule has 1 heteroatoms. The molecule has 0 heterocycles. The van der Waals surface area contributed by atoms with Gasteiger partial charge in [-0.15, -0.1) is 0 Å². The van der Waals surface area contributed by atoms with Crippen molar-refractivity contribution in [1.82, 2.24) is 0 Å². The van der Waals surface area contributed by atoms with Crippen molar-refractivity contribution < 1.29 is 5.32 Å². The zero-order valence-electron chi connectivity index (χ0n) is 7.61. The van der Waals surface area contributed by atoms with Crippen LogP contribution in [0.25, 0.3) is 0 Å². The lowest BCUT2D eigenvalue weighted by molar-refractivity contribution is -0.511. The van der Waals surface area contributed by atoms with E-state index < -0.39 is 0 Å². The van der Waals surface area contributed by atoms with Gasteiger partial charge < -0.3 is 0 Å². The molecule has 0 spiro atoms. The molecule has 0 radical (unpaired) electrons. The Morgan fingerprint density at radius 1 is 1.23 bits per heavy atom. The van der Waals surface area contributed by atoms with Crippen LogP contribution in [0.1, 0.15) is 0 Å². The molecule has 0 unspecified atom stereocenters. The summed E-state index contributed by atoms with van der Waals surface area (Å²) in [6.07, 6.45) is 5.55. The van der Waals surface area contributed by atoms with Gasteiger partial charge in [-0.2, -0.15) is 0 Å². The van der Waals surface area contributed by atoms with Crippen LogP contribution in [0.2, 0.25) is 0 Å². The lowest BCUT2D eigenvalue weighted by atomic mass is 10.3. The fourth-order valence-corrected chi connectivity index (χ4v) is 1.00. The summed E-state index contributed by atoms with van der Waals surface area (Å²) in [6.45, 7) is 7.50. The molecule has 2 N–H and O–H groups in total. The lowest BCUT2D eigenvalue weighted by Crippen LogP contribution is -2.74. The molecule has 0 fully saturated rings. The maximum Gasteiger partial charge on any atom is 0.134 e. The predicted molar refractivity (Wildman–Crippen MR) is 56.5 cm³/mol. The van der Waals surface area contributed by atoms with E-state index in [0.29, 0.717) is 0 Å². The highest BCUT2D eigenvalue weighted by atomic mass is 14.9. The third kappa shape index (κ3) is 3.54. The van der Waals surface area contributed by atoms with Gasteiger partial charge in [0.2, 0.25) is 0 Å². The minimum atomic E-state index is 0.978. The Bertz CT molecular complexity index is 309. The monoisotopic (exact) mass is 172 g/mol. The number of quaternary nitrogens is 1. The number of nitrogens with two attached hydrogens (primary N) is 1. The maximum absolute atomic E-state index is 3.90. The lowest BCUT2D eigenvalue weighted by Gasteiger charge is -1.97. The molecule has 1 aromatic rings. The molecule has 0 saturated carbocycles. The number of allylic oxidation sites excluding steroid dienone is 3. The Kier molecular flexibility index (Phi) is 3.74. The minimum absolute atomic E-state index is 0.978. The van der Waals surface area contributed by atoms with Crippen LogP contribution in [-0.4, -0.2) is 0 Å². The molecular formula is C12H14N+. The van der Waals surface area contributed by atoms with E-state index >= 15 is 0 Å². The minimum Gasteiger partial charge on any atom is -0.282 e. The second-order valence-corrected chi connectivity index (χ2v) is 2.72. The summed E-state index contributed by atoms with van der Waals surface area (Å²) >= 11 is 0. The Hall–Kier alpha value is -1.60. The van der Waals surface area contributed by atoms with E-state index in [2.05, 4.69) is 13.2 Å². The summed E-state index contributed by atoms with van der Waals surface area (Å²) in [6, 6.07) is 10.1. The van der Waals surface area contributed by atoms with Gasteiger partial charge in [-0.05, 0) is 24.8 Å². The predicted octanol–water partition coefficient (Wildman–Crippen LogP) is 2.14. The molecule has 0 aromatic heterocycles. The Morgan fingerprint density at radius 2 is 1.92 bits per heavy atom. The van der Waals surface area contributed by atoms with Gasteiger partial charge in [0.05, 0.1) is 0 Å². The van der Waals surface area contributed by atoms with Crippen LogP contribution in [-0.2, 0) is 0 Å². The third-order valence-corrected chi connectivity index (χ3v) is 1.60. The van der Waals surface area contributed by atoms with Crippen molar-refractivity contribution in [2.75, 3.05) is 0 Å². The van der Waals surface area contributed by atoms with Gasteiger partial charge in [0.1, 0.15) is 11.4 Å². The smallest absolute Gasteiger partial charge is 0.134 e. The fraction of sp³-hybridized carbons (Fsp3) is 0. The molecule has 0 aliphatic rings. The van der Waals surface area contributed by atoms with Crippen LogP contribution in [0, 0.1) is 0 Å². The standard InChI is InChI=1S/C12H13N/c1-3-4-8-11(2)13-12-9-6-5-7-10-12/h3-10,13H,1-2H2/p+1/b8-4-. The second-order valence-electron chi connectivity index (χ2n) is 2.72. The van der Waals surface area contributed by atoms with Gasteiger partial charge in [0, 0.05) is 0 Å². The van der Waals surface area contributed by atoms with Crippen molar-refractivity contribution in [3.8, 4) is 0 Å². The van der Waals surface area contributed by atoms with Crippen LogP contribution in [0.4, 0.5) is 5.69 Å². The van der Waals surface area contributed by atoms with Crippen LogP contribution in [0.5, 0.6) is 0 Å². The van der Waals surface area contributed by atoms with Crippen LogP contribution >= 0.6 is 0 Å². The summed E-state index contributed by atoms with van der Waals surface area (Å²) < 4.78 is 0. The highest BCUT2D eigenvalue weighted by Gasteiger charge is 1.94. The van der Waals surface area contributed by atoms with Crippen molar-refractivity contribution in [2.45, 2.75) is 0 Å². The van der Waals surface area contributed by atoms with E-state index in [1.165, 1.54) is 5.69 Å². The Morgan fingerprint density at radius 3 is 2.54 bits per heavy atom. The molecule has 66 valence electrons. The van der Waals surface area contributed by atoms with Crippen LogP contribution in [0.15, 0.2) is 67.4 Å². The van der Waals surface area contributed by atoms with E-state index in [0.717, 1.165) is 5.70 Å². The molecule has 0 amide bonds. The number of benzene rings is 1. The highest BCUT2D eigenvalue weighted by molar-refractivity contribution is 5.29. The molecule has 0 atom stereocenters. The first-order chi connectivity index (χ1) is 6.33. The van der Waals surface area contributed by atoms with Gasteiger partial charge in [-0.3, -0.25) is 5.32 Å². The molecule has 0 aliphatic heterocycles. The van der Waals surface area contributed by atoms with Crippen molar-refractivity contribution in [3.05, 3.63) is 67.4 Å². The maximum atomic E-state index is 3.90. The van der Waals surface area contributed by atoms with Crippen molar-refractivity contribution in [1.29, 1.82) is 0 Å². The average Bonchev–Trinajstić information content (AvgIpc) is 2.16. The van der Waals surface area contributed by atoms with E-state index in [4.69, 9.17) is 0 Å². The summed E-state index contributed by atoms with van der Waals surface area (Å²) in [7, 11) is 0. The highest BCUT2D eigenvalue weighted by Crippen LogP contribution is 1.97. The van der Waals surface area contributed by atoms with E-state index in [1.54, 1.807) is 6.08 Å². The molecule has 1 nitrogen and oxygen atoms in total. The van der Waals surface area contributed by atoms with Gasteiger partial charge in [0.25, 0.3) is 0 Å². The summed E-state index contributed by atoms with van der Waals surface area (Å²) in [5.41, 5.74) is 2.15. The van der Waals surface area contributed by atoms with Crippen LogP contribution in [0.3, 0.4) is 0 Å². The number of para-hydroxylation sites is 1. The van der Waals surface area contributed by atoms with E-state index in [9.17, 15) is 0 Å². The first-order valence-electron chi connectivity index (χ1n) is 4.21. The number of hydrogen-bond acceptors (Lipinski definition) is 0. The Labute approximate surface area is 79.1 Å². The van der Waals surface area contributed by atoms with Crippen molar-refractivity contribution in [3.63, 3.8) is 0 Å². The third-order valence-electron chi connectivity index (χ3n) is 1.60. The van der Waals surface area contributed by atoms with Crippen molar-refractivity contribution >= 4 is 5.69 Å².